The first-order chi connectivity index (χ1) is 43.5. The number of nitrogens with one attached hydrogen (secondary N) is 4. The molecule has 1 heterocycles. The Bertz CT molecular complexity index is 3080. The van der Waals surface area contributed by atoms with Crippen molar-refractivity contribution in [3.63, 3.8) is 0 Å². The van der Waals surface area contributed by atoms with Crippen molar-refractivity contribution >= 4 is 103 Å². The molecule has 3 atom stereocenters. The summed E-state index contributed by atoms with van der Waals surface area (Å²) < 4.78 is 20.6. The summed E-state index contributed by atoms with van der Waals surface area (Å²) in [6.07, 6.45) is 3.28. The predicted octanol–water partition coefficient (Wildman–Crippen LogP) is 11.6. The van der Waals surface area contributed by atoms with Gasteiger partial charge in [0.15, 0.2) is 5.78 Å². The topological polar surface area (TPSA) is 268 Å². The van der Waals surface area contributed by atoms with Gasteiger partial charge in [-0.2, -0.15) is 0 Å². The molecule has 2 aliphatic carbocycles. The van der Waals surface area contributed by atoms with Crippen LogP contribution in [0.4, 0.5) is 9.59 Å². The van der Waals surface area contributed by atoms with Crippen molar-refractivity contribution in [2.24, 2.45) is 0 Å². The van der Waals surface area contributed by atoms with E-state index in [1.807, 2.05) is 48.5 Å². The van der Waals surface area contributed by atoms with Crippen LogP contribution in [-0.2, 0) is 62.1 Å². The average Bonchev–Trinajstić information content (AvgIpc) is 1.65. The summed E-state index contributed by atoms with van der Waals surface area (Å²) in [5.74, 6) is -3.15. The van der Waals surface area contributed by atoms with Gasteiger partial charge >= 0.3 is 30.1 Å². The Morgan fingerprint density at radius 3 is 1.41 bits per heavy atom. The van der Waals surface area contributed by atoms with E-state index in [0.29, 0.717) is 68.1 Å². The van der Waals surface area contributed by atoms with Crippen LogP contribution < -0.4 is 21.3 Å². The van der Waals surface area contributed by atoms with Crippen LogP contribution in [0, 0.1) is 0 Å². The Kier molecular flexibility index (Phi) is 29.1. The highest BCUT2D eigenvalue weighted by molar-refractivity contribution is 8.77. The summed E-state index contributed by atoms with van der Waals surface area (Å²) in [5.41, 5.74) is 9.02. The molecule has 1 fully saturated rings. The minimum Gasteiger partial charge on any atom is -0.469 e. The molecule has 4 N–H and O–H groups in total. The average molecular weight is 1330 g/mol. The van der Waals surface area contributed by atoms with Crippen molar-refractivity contribution in [2.75, 3.05) is 45.5 Å². The van der Waals surface area contributed by atoms with Gasteiger partial charge in [-0.1, -0.05) is 201 Å². The fraction of sp³-hybridized carbons (Fsp3) is 0.493. The van der Waals surface area contributed by atoms with Crippen LogP contribution >= 0.6 is 43.2 Å². The van der Waals surface area contributed by atoms with Crippen LogP contribution in [0.1, 0.15) is 159 Å². The number of rotatable bonds is 32. The van der Waals surface area contributed by atoms with Crippen molar-refractivity contribution < 1.29 is 71.7 Å². The molecular formula is C67H85N5O15S4. The Morgan fingerprint density at radius 1 is 0.516 bits per heavy atom. The fourth-order valence-electron chi connectivity index (χ4n) is 10.2. The number of hydrogen-bond donors (Lipinski definition) is 4. The van der Waals surface area contributed by atoms with Gasteiger partial charge in [-0.05, 0) is 70.2 Å². The van der Waals surface area contributed by atoms with Gasteiger partial charge in [-0.25, -0.2) is 19.2 Å². The highest BCUT2D eigenvalue weighted by Crippen LogP contribution is 2.46. The minimum atomic E-state index is -1.10. The van der Waals surface area contributed by atoms with E-state index >= 15 is 0 Å². The number of methoxy groups -OCH3 is 2. The molecule has 0 radical (unpaired) electrons. The molecule has 7 rings (SSSR count). The number of benzene rings is 4. The highest BCUT2D eigenvalue weighted by Gasteiger charge is 2.35. The number of fused-ring (bicyclic) bond motifs is 6. The first-order valence-electron chi connectivity index (χ1n) is 30.6. The number of ketones is 1. The fourth-order valence-corrected chi connectivity index (χ4v) is 15.2. The van der Waals surface area contributed by atoms with Crippen LogP contribution in [0.3, 0.4) is 0 Å². The molecule has 0 bridgehead atoms. The van der Waals surface area contributed by atoms with E-state index in [2.05, 4.69) is 121 Å². The molecule has 0 saturated carbocycles. The summed E-state index contributed by atoms with van der Waals surface area (Å²) in [6.45, 7) is 13.2. The van der Waals surface area contributed by atoms with E-state index in [9.17, 15) is 47.9 Å². The van der Waals surface area contributed by atoms with Gasteiger partial charge < -0.3 is 45.1 Å². The van der Waals surface area contributed by atoms with Gasteiger partial charge in [0.1, 0.15) is 31.3 Å². The Hall–Kier alpha value is -7.02. The molecule has 1 saturated heterocycles. The van der Waals surface area contributed by atoms with Crippen molar-refractivity contribution in [1.82, 2.24) is 26.3 Å². The molecule has 6 amide bonds. The third kappa shape index (κ3) is 23.6. The van der Waals surface area contributed by atoms with Gasteiger partial charge in [-0.3, -0.25) is 28.8 Å². The van der Waals surface area contributed by atoms with E-state index < -0.39 is 60.0 Å². The van der Waals surface area contributed by atoms with Crippen molar-refractivity contribution in [3.05, 3.63) is 119 Å². The van der Waals surface area contributed by atoms with E-state index in [1.165, 1.54) is 25.0 Å². The maximum atomic E-state index is 13.3. The molecule has 4 aromatic carbocycles. The molecule has 91 heavy (non-hydrogen) atoms. The minimum absolute atomic E-state index is 0.00943. The van der Waals surface area contributed by atoms with Crippen LogP contribution in [0.15, 0.2) is 97.1 Å². The maximum absolute atomic E-state index is 13.3. The largest absolute Gasteiger partial charge is 0.469 e. The molecule has 3 aliphatic rings. The third-order valence-electron chi connectivity index (χ3n) is 14.6. The van der Waals surface area contributed by atoms with Crippen LogP contribution in [0.5, 0.6) is 0 Å². The normalized spacial score (nSPS) is 14.2. The van der Waals surface area contributed by atoms with E-state index in [4.69, 9.17) is 14.3 Å². The van der Waals surface area contributed by atoms with Gasteiger partial charge in [0.25, 0.3) is 11.8 Å². The number of imide groups is 1. The summed E-state index contributed by atoms with van der Waals surface area (Å²) in [7, 11) is 8.72. The lowest BCUT2D eigenvalue weighted by molar-refractivity contribution is -0.197. The third-order valence-corrected chi connectivity index (χ3v) is 21.3. The monoisotopic (exact) mass is 1330 g/mol. The smallest absolute Gasteiger partial charge is 0.407 e. The van der Waals surface area contributed by atoms with Crippen LogP contribution in [0.2, 0.25) is 0 Å². The predicted molar refractivity (Wildman–Crippen MR) is 356 cm³/mol. The number of carbonyl (C=O) groups is 10. The standard InChI is InChI=1S/C35H46N2O8S2.C32H39N3O7S2/c1-35(2,3)47-46-22-29(30(38)18-8-6-7-9-19-31(39)36-28(33(41)44-5)20-32(40)43-4)37-34(42)45-21-27-25-16-12-10-14-23(25)24-15-11-13-17-26(24)27;1-32(2,3)44-43-20-26(30(39)33-18-10-4-5-15-29(38)42-35-27(36)16-17-28(35)37)34-31(40)41-19-25-23-13-8-6-11-21(23)22-12-7-9-14-24(22)25/h10-17,27-29H,6-9,18-22H2,1-5H3,(H,36,39)(H,37,42);6-9,11-14,25-26H,4-5,10,15-20H2,1-3H3,(H,33,39)(H,34,40). The zero-order valence-electron chi connectivity index (χ0n) is 53.1. The highest BCUT2D eigenvalue weighted by atomic mass is 33.1. The Morgan fingerprint density at radius 2 is 0.945 bits per heavy atom. The van der Waals surface area contributed by atoms with Crippen LogP contribution in [0.25, 0.3) is 22.3 Å². The van der Waals surface area contributed by atoms with Gasteiger partial charge in [0.05, 0.1) is 20.6 Å². The number of amides is 6. The number of hydrogen-bond acceptors (Lipinski definition) is 19. The summed E-state index contributed by atoms with van der Waals surface area (Å²) in [4.78, 5) is 128. The van der Waals surface area contributed by atoms with E-state index in [0.717, 1.165) is 44.5 Å². The molecule has 24 heteroatoms. The van der Waals surface area contributed by atoms with Gasteiger partial charge in [0, 0.05) is 71.5 Å². The first kappa shape index (κ1) is 73.0. The quantitative estimate of drug-likeness (QED) is 0.0116. The van der Waals surface area contributed by atoms with Crippen LogP contribution in [-0.4, -0.2) is 138 Å². The number of nitrogens with zero attached hydrogens (tertiary/aromatic N) is 1. The van der Waals surface area contributed by atoms with Crippen molar-refractivity contribution in [2.45, 2.75) is 164 Å². The number of unbranched alkanes of at least 4 members (excludes halogenated alkanes) is 5. The van der Waals surface area contributed by atoms with Crippen molar-refractivity contribution in [3.8, 4) is 22.3 Å². The Labute approximate surface area is 549 Å². The number of hydroxylamine groups is 2. The molecular weight excluding hydrogens is 1240 g/mol. The van der Waals surface area contributed by atoms with E-state index in [1.54, 1.807) is 32.4 Å². The summed E-state index contributed by atoms with van der Waals surface area (Å²) in [5, 5.41) is 11.5. The number of ether oxygens (including phenoxy) is 4. The first-order valence-corrected chi connectivity index (χ1v) is 35.3. The molecule has 3 unspecified atom stereocenters. The lowest BCUT2D eigenvalue weighted by atomic mass is 9.98. The number of carbonyl (C=O) groups excluding carboxylic acids is 10. The number of esters is 2. The lowest BCUT2D eigenvalue weighted by Gasteiger charge is -2.21. The molecule has 20 nitrogen and oxygen atoms in total. The second kappa shape index (κ2) is 36.3. The van der Waals surface area contributed by atoms with Gasteiger partial charge in [0.2, 0.25) is 11.8 Å². The molecule has 0 aromatic heterocycles. The molecule has 492 valence electrons. The summed E-state index contributed by atoms with van der Waals surface area (Å²) >= 11 is 0. The number of Topliss-reactive ketones (excluding diaryl/α,β-unsaturated/α-hetero) is 1. The molecule has 0 spiro atoms. The molecule has 1 aliphatic heterocycles. The van der Waals surface area contributed by atoms with Gasteiger partial charge in [-0.15, -0.1) is 5.06 Å². The molecule has 4 aromatic rings. The maximum Gasteiger partial charge on any atom is 0.407 e. The second-order valence-corrected chi connectivity index (χ2v) is 30.3. The zero-order valence-corrected chi connectivity index (χ0v) is 56.3. The number of alkyl carbamates (subject to hydrolysis) is 2. The van der Waals surface area contributed by atoms with Crippen molar-refractivity contribution in [1.29, 1.82) is 0 Å². The second-order valence-electron chi connectivity index (χ2n) is 24.0. The van der Waals surface area contributed by atoms with E-state index in [-0.39, 0.29) is 90.7 Å². The zero-order chi connectivity index (χ0) is 66.1. The summed E-state index contributed by atoms with van der Waals surface area (Å²) in [6, 6.07) is 29.9. The lowest BCUT2D eigenvalue weighted by Crippen LogP contribution is -2.48. The Balaban J connectivity index is 0.000000290. The SMILES string of the molecule is CC(C)(C)SSCC(NC(=O)OCC1c2ccccc2-c2ccccc21)C(=O)NCCCCCC(=O)ON1C(=O)CCC1=O.COC(=O)CC(NC(=O)CCCCCCC(=O)C(CSSC(C)(C)C)NC(=O)OCC1c2ccccc2-c2ccccc21)C(=O)OC.